The molecule has 18 heteroatoms. The van der Waals surface area contributed by atoms with Gasteiger partial charge in [-0.05, 0) is 94.3 Å². The Labute approximate surface area is 530 Å². The van der Waals surface area contributed by atoms with Crippen molar-refractivity contribution in [2.24, 2.45) is 0 Å². The molecule has 15 nitrogen and oxygen atoms in total. The van der Waals surface area contributed by atoms with Gasteiger partial charge in [0.15, 0.2) is 0 Å². The fraction of sp³-hybridized carbons (Fsp3) is 0.721. The molecule has 0 spiro atoms. The van der Waals surface area contributed by atoms with E-state index in [0.29, 0.717) is 119 Å². The van der Waals surface area contributed by atoms with Gasteiger partial charge >= 0.3 is 0 Å². The Hall–Kier alpha value is -2.60. The SMILES string of the molecule is COc1ccc(C(OCCOCCOCCOCCOCCCCCCCCCCCSSCCCCCCCCCCCOCCOCCOCCOCCOP(OCCC#N)N(C(C)C)C(C)C)(c2ccccc2)c2ccc(OC)cc2)cc1. The number of hydrogen-bond acceptors (Lipinski definition) is 17. The number of unbranched alkanes of at least 4 members (excludes halogenated alkanes) is 16. The summed E-state index contributed by atoms with van der Waals surface area (Å²) in [6, 6.07) is 29.0. The van der Waals surface area contributed by atoms with E-state index in [1.807, 2.05) is 42.5 Å². The molecule has 0 aliphatic carbocycles. The number of benzene rings is 3. The van der Waals surface area contributed by atoms with Gasteiger partial charge in [-0.2, -0.15) is 5.26 Å². The average molecular weight is 1260 g/mol. The first-order chi connectivity index (χ1) is 42.4. The number of ether oxygens (including phenoxy) is 11. The van der Waals surface area contributed by atoms with E-state index >= 15 is 0 Å². The van der Waals surface area contributed by atoms with E-state index in [4.69, 9.17) is 66.4 Å². The van der Waals surface area contributed by atoms with Crippen molar-refractivity contribution >= 4 is 30.1 Å². The van der Waals surface area contributed by atoms with Crippen molar-refractivity contribution < 1.29 is 61.2 Å². The molecule has 1 atom stereocenters. The van der Waals surface area contributed by atoms with E-state index in [1.54, 1.807) is 14.2 Å². The van der Waals surface area contributed by atoms with Crippen molar-refractivity contribution in [2.45, 2.75) is 167 Å². The van der Waals surface area contributed by atoms with Crippen LogP contribution in [0.15, 0.2) is 78.9 Å². The number of nitrogens with zero attached hydrogens (tertiary/aromatic N) is 2. The van der Waals surface area contributed by atoms with E-state index in [9.17, 15) is 0 Å². The Morgan fingerprint density at radius 1 is 0.384 bits per heavy atom. The zero-order valence-corrected chi connectivity index (χ0v) is 56.4. The summed E-state index contributed by atoms with van der Waals surface area (Å²) in [6.45, 7) is 18.7. The fourth-order valence-electron chi connectivity index (χ4n) is 9.66. The van der Waals surface area contributed by atoms with Gasteiger partial charge in [0.05, 0.1) is 139 Å². The predicted molar refractivity (Wildman–Crippen MR) is 354 cm³/mol. The molecule has 0 bridgehead atoms. The largest absolute Gasteiger partial charge is 0.497 e. The molecule has 0 aromatic heterocycles. The van der Waals surface area contributed by atoms with Gasteiger partial charge in [-0.15, -0.1) is 0 Å². The zero-order chi connectivity index (χ0) is 61.5. The van der Waals surface area contributed by atoms with Crippen molar-refractivity contribution in [3.63, 3.8) is 0 Å². The quantitative estimate of drug-likeness (QED) is 0.0228. The van der Waals surface area contributed by atoms with Crippen LogP contribution in [0.4, 0.5) is 0 Å². The van der Waals surface area contributed by atoms with Gasteiger partial charge < -0.3 is 61.2 Å². The maximum atomic E-state index is 8.86. The van der Waals surface area contributed by atoms with Crippen molar-refractivity contribution in [3.8, 4) is 17.6 Å². The van der Waals surface area contributed by atoms with Crippen LogP contribution in [0.25, 0.3) is 0 Å². The second-order valence-corrected chi connectivity index (χ2v) is 25.8. The highest BCUT2D eigenvalue weighted by Gasteiger charge is 2.38. The molecule has 490 valence electrons. The summed E-state index contributed by atoms with van der Waals surface area (Å²) in [6.07, 6.45) is 24.0. The Balaban J connectivity index is 0.968. The number of hydrogen-bond donors (Lipinski definition) is 0. The highest BCUT2D eigenvalue weighted by atomic mass is 33.1. The smallest absolute Gasteiger partial charge is 0.259 e. The van der Waals surface area contributed by atoms with E-state index in [0.717, 1.165) is 54.2 Å². The first kappa shape index (κ1) is 77.6. The highest BCUT2D eigenvalue weighted by Crippen LogP contribution is 2.46. The van der Waals surface area contributed by atoms with Crippen LogP contribution in [0.5, 0.6) is 11.5 Å². The molecule has 0 saturated carbocycles. The Bertz CT molecular complexity index is 1940. The predicted octanol–water partition coefficient (Wildman–Crippen LogP) is 15.8. The van der Waals surface area contributed by atoms with E-state index in [-0.39, 0.29) is 12.1 Å². The van der Waals surface area contributed by atoms with Crippen LogP contribution in [0.3, 0.4) is 0 Å². The Morgan fingerprint density at radius 3 is 1.06 bits per heavy atom. The van der Waals surface area contributed by atoms with Crippen LogP contribution in [-0.2, 0) is 57.3 Å². The van der Waals surface area contributed by atoms with Gasteiger partial charge in [-0.3, -0.25) is 0 Å². The maximum Gasteiger partial charge on any atom is 0.259 e. The van der Waals surface area contributed by atoms with Crippen LogP contribution in [-0.4, -0.2) is 168 Å². The molecule has 3 aromatic rings. The Kier molecular flexibility index (Phi) is 49.9. The van der Waals surface area contributed by atoms with Gasteiger partial charge in [-0.1, -0.05) is 166 Å². The molecule has 1 unspecified atom stereocenters. The summed E-state index contributed by atoms with van der Waals surface area (Å²) in [4.78, 5) is 0. The molecule has 0 N–H and O–H groups in total. The summed E-state index contributed by atoms with van der Waals surface area (Å²) in [5, 5.41) is 8.86. The van der Waals surface area contributed by atoms with E-state index in [2.05, 4.69) is 96.4 Å². The average Bonchev–Trinajstić information content (AvgIpc) is 1.26. The monoisotopic (exact) mass is 1260 g/mol. The molecule has 0 radical (unpaired) electrons. The topological polar surface area (TPSA) is 147 Å². The normalized spacial score (nSPS) is 12.2. The van der Waals surface area contributed by atoms with Crippen LogP contribution in [0, 0.1) is 11.3 Å². The molecule has 86 heavy (non-hydrogen) atoms. The first-order valence-electron chi connectivity index (χ1n) is 32.4. The summed E-state index contributed by atoms with van der Waals surface area (Å²) in [5.74, 6) is 4.16. The Morgan fingerprint density at radius 2 is 0.698 bits per heavy atom. The summed E-state index contributed by atoms with van der Waals surface area (Å²) >= 11 is 0. The molecular formula is C68H113N2O13PS2. The third kappa shape index (κ3) is 37.5. The lowest BCUT2D eigenvalue weighted by atomic mass is 9.80. The minimum atomic E-state index is -1.24. The molecule has 3 rings (SSSR count). The van der Waals surface area contributed by atoms with Crippen molar-refractivity contribution in [1.82, 2.24) is 4.67 Å². The molecule has 0 heterocycles. The van der Waals surface area contributed by atoms with E-state index in [1.165, 1.54) is 114 Å². The summed E-state index contributed by atoms with van der Waals surface area (Å²) in [7, 11) is 6.27. The van der Waals surface area contributed by atoms with Gasteiger partial charge in [0.2, 0.25) is 0 Å². The fourth-order valence-corrected chi connectivity index (χ4v) is 13.5. The molecule has 0 aliphatic rings. The maximum absolute atomic E-state index is 8.86. The van der Waals surface area contributed by atoms with Crippen molar-refractivity contribution in [2.75, 3.05) is 151 Å². The van der Waals surface area contributed by atoms with Gasteiger partial charge in [0.25, 0.3) is 8.53 Å². The number of methoxy groups -OCH3 is 2. The molecule has 3 aromatic carbocycles. The zero-order valence-electron chi connectivity index (χ0n) is 53.9. The lowest BCUT2D eigenvalue weighted by molar-refractivity contribution is -0.0384. The van der Waals surface area contributed by atoms with E-state index < -0.39 is 14.1 Å². The summed E-state index contributed by atoms with van der Waals surface area (Å²) < 4.78 is 77.8. The molecule has 0 amide bonds. The van der Waals surface area contributed by atoms with Crippen molar-refractivity contribution in [3.05, 3.63) is 95.6 Å². The van der Waals surface area contributed by atoms with Gasteiger partial charge in [-0.25, -0.2) is 4.67 Å². The minimum absolute atomic E-state index is 0.275. The third-order valence-corrected chi connectivity index (χ3v) is 18.8. The third-order valence-electron chi connectivity index (χ3n) is 14.2. The highest BCUT2D eigenvalue weighted by molar-refractivity contribution is 8.76. The lowest BCUT2D eigenvalue weighted by Gasteiger charge is -2.36. The van der Waals surface area contributed by atoms with Crippen LogP contribution in [0.1, 0.15) is 166 Å². The van der Waals surface area contributed by atoms with Crippen LogP contribution >= 0.6 is 30.1 Å². The van der Waals surface area contributed by atoms with Crippen molar-refractivity contribution in [1.29, 1.82) is 5.26 Å². The lowest BCUT2D eigenvalue weighted by Crippen LogP contribution is -2.34. The molecule has 0 saturated heterocycles. The number of rotatable bonds is 62. The van der Waals surface area contributed by atoms with Crippen LogP contribution < -0.4 is 9.47 Å². The minimum Gasteiger partial charge on any atom is -0.497 e. The standard InChI is InChI=1S/C68H113N2O13PS2/c1-61(2)70(62(3)4)84(82-42-28-39-69)83-58-56-80-54-52-78-50-48-76-46-44-74-41-25-18-14-10-8-12-16-20-27-60-86-85-59-26-19-15-11-7-9-13-17-24-40-73-43-45-75-47-49-77-51-53-79-55-57-81-68(63-29-22-21-23-30-63,64-31-35-66(71-5)36-32-64)65-33-37-67(72-6)38-34-65/h21-23,29-38,61-62H,7-20,24-28,40-60H2,1-6H3. The van der Waals surface area contributed by atoms with Gasteiger partial charge in [0.1, 0.15) is 17.1 Å². The second-order valence-electron chi connectivity index (χ2n) is 21.6. The second kappa shape index (κ2) is 55.3. The molecule has 0 aliphatic heterocycles. The van der Waals surface area contributed by atoms with Crippen LogP contribution in [0.2, 0.25) is 0 Å². The summed E-state index contributed by atoms with van der Waals surface area (Å²) in [5.41, 5.74) is 2.13. The molecule has 0 fully saturated rings. The first-order valence-corrected chi connectivity index (χ1v) is 36.0. The number of nitriles is 1. The van der Waals surface area contributed by atoms with Gasteiger partial charge in [0, 0.05) is 36.8 Å². The molecular weight excluding hydrogens is 1150 g/mol.